The molecule has 108 valence electrons. The van der Waals surface area contributed by atoms with Crippen molar-refractivity contribution in [2.75, 3.05) is 51.4 Å². The van der Waals surface area contributed by atoms with Crippen molar-refractivity contribution in [3.63, 3.8) is 0 Å². The summed E-state index contributed by atoms with van der Waals surface area (Å²) in [5.74, 6) is 2.43. The number of hydrogen-bond acceptors (Lipinski definition) is 4. The van der Waals surface area contributed by atoms with Crippen molar-refractivity contribution in [3.8, 4) is 0 Å². The molecule has 0 bridgehead atoms. The molecular formula is C13H22N2O3S. The number of amides is 2. The minimum absolute atomic E-state index is 0.0161. The number of methoxy groups -OCH3 is 1. The molecule has 0 aromatic rings. The lowest BCUT2D eigenvalue weighted by molar-refractivity contribution is -0.143. The maximum atomic E-state index is 12.4. The predicted molar refractivity (Wildman–Crippen MR) is 75.1 cm³/mol. The molecule has 2 saturated heterocycles. The highest BCUT2D eigenvalue weighted by Gasteiger charge is 2.32. The molecule has 2 fully saturated rings. The highest BCUT2D eigenvalue weighted by atomic mass is 32.2. The third kappa shape index (κ3) is 3.86. The third-order valence-electron chi connectivity index (χ3n) is 3.74. The second-order valence-electron chi connectivity index (χ2n) is 5.01. The summed E-state index contributed by atoms with van der Waals surface area (Å²) in [4.78, 5) is 27.9. The summed E-state index contributed by atoms with van der Waals surface area (Å²) >= 11 is 1.90. The Morgan fingerprint density at radius 3 is 2.84 bits per heavy atom. The van der Waals surface area contributed by atoms with E-state index in [4.69, 9.17) is 4.74 Å². The van der Waals surface area contributed by atoms with E-state index in [0.717, 1.165) is 24.6 Å². The summed E-state index contributed by atoms with van der Waals surface area (Å²) in [6.07, 6.45) is 1.19. The Kier molecular flexibility index (Phi) is 5.51. The number of carbonyl (C=O) groups excluding carboxylic acids is 2. The number of thioether (sulfide) groups is 1. The van der Waals surface area contributed by atoms with Gasteiger partial charge in [0.05, 0.1) is 12.5 Å². The van der Waals surface area contributed by atoms with Gasteiger partial charge in [0.1, 0.15) is 0 Å². The molecule has 2 rings (SSSR count). The average Bonchev–Trinajstić information content (AvgIpc) is 2.46. The molecule has 19 heavy (non-hydrogen) atoms. The number of carbonyl (C=O) groups is 2. The Hall–Kier alpha value is -0.750. The van der Waals surface area contributed by atoms with Crippen LogP contribution in [0.2, 0.25) is 0 Å². The first-order chi connectivity index (χ1) is 9.22. The van der Waals surface area contributed by atoms with Crippen LogP contribution in [0, 0.1) is 5.92 Å². The monoisotopic (exact) mass is 286 g/mol. The normalized spacial score (nSPS) is 24.7. The van der Waals surface area contributed by atoms with Gasteiger partial charge in [0.15, 0.2) is 0 Å². The van der Waals surface area contributed by atoms with Crippen LogP contribution in [0.1, 0.15) is 12.8 Å². The van der Waals surface area contributed by atoms with E-state index in [1.54, 1.807) is 12.0 Å². The van der Waals surface area contributed by atoms with E-state index in [-0.39, 0.29) is 17.7 Å². The second kappa shape index (κ2) is 7.14. The van der Waals surface area contributed by atoms with Crippen LogP contribution in [0.3, 0.4) is 0 Å². The molecule has 0 aliphatic carbocycles. The fraction of sp³-hybridized carbons (Fsp3) is 0.846. The molecule has 0 N–H and O–H groups in total. The van der Waals surface area contributed by atoms with E-state index < -0.39 is 0 Å². The molecule has 2 heterocycles. The lowest BCUT2D eigenvalue weighted by Crippen LogP contribution is -2.49. The fourth-order valence-electron chi connectivity index (χ4n) is 2.58. The van der Waals surface area contributed by atoms with Crippen LogP contribution < -0.4 is 0 Å². The molecule has 0 spiro atoms. The molecule has 1 atom stereocenters. The zero-order chi connectivity index (χ0) is 13.7. The Morgan fingerprint density at radius 2 is 2.16 bits per heavy atom. The van der Waals surface area contributed by atoms with Crippen molar-refractivity contribution >= 4 is 23.6 Å². The SMILES string of the molecule is COCCN1CC(C(=O)N2CCSCC2)CCC1=O. The van der Waals surface area contributed by atoms with E-state index >= 15 is 0 Å². The van der Waals surface area contributed by atoms with Gasteiger partial charge < -0.3 is 14.5 Å². The Bertz CT molecular complexity index is 332. The number of nitrogens with zero attached hydrogens (tertiary/aromatic N) is 2. The number of piperidine rings is 1. The third-order valence-corrected chi connectivity index (χ3v) is 4.68. The highest BCUT2D eigenvalue weighted by molar-refractivity contribution is 7.99. The maximum absolute atomic E-state index is 12.4. The van der Waals surface area contributed by atoms with Gasteiger partial charge in [0.2, 0.25) is 11.8 Å². The minimum Gasteiger partial charge on any atom is -0.383 e. The van der Waals surface area contributed by atoms with Crippen molar-refractivity contribution in [1.29, 1.82) is 0 Å². The lowest BCUT2D eigenvalue weighted by atomic mass is 9.96. The molecule has 2 aliphatic rings. The first-order valence-electron chi connectivity index (χ1n) is 6.85. The van der Waals surface area contributed by atoms with Gasteiger partial charge in [-0.05, 0) is 6.42 Å². The van der Waals surface area contributed by atoms with Gasteiger partial charge in [-0.3, -0.25) is 9.59 Å². The summed E-state index contributed by atoms with van der Waals surface area (Å²) in [7, 11) is 1.63. The van der Waals surface area contributed by atoms with Crippen molar-refractivity contribution in [2.45, 2.75) is 12.8 Å². The average molecular weight is 286 g/mol. The van der Waals surface area contributed by atoms with Gasteiger partial charge >= 0.3 is 0 Å². The van der Waals surface area contributed by atoms with Crippen LogP contribution in [0.25, 0.3) is 0 Å². The number of hydrogen-bond donors (Lipinski definition) is 0. The first-order valence-corrected chi connectivity index (χ1v) is 8.01. The predicted octanol–water partition coefficient (Wildman–Crippen LogP) is 0.447. The van der Waals surface area contributed by atoms with Crippen molar-refractivity contribution in [3.05, 3.63) is 0 Å². The molecule has 6 heteroatoms. The molecule has 2 aliphatic heterocycles. The Balaban J connectivity index is 1.89. The summed E-state index contributed by atoms with van der Waals surface area (Å²) in [5, 5.41) is 0. The van der Waals surface area contributed by atoms with E-state index in [9.17, 15) is 9.59 Å². The van der Waals surface area contributed by atoms with E-state index in [1.807, 2.05) is 16.7 Å². The van der Waals surface area contributed by atoms with Crippen molar-refractivity contribution < 1.29 is 14.3 Å². The van der Waals surface area contributed by atoms with Crippen LogP contribution >= 0.6 is 11.8 Å². The van der Waals surface area contributed by atoms with Crippen LogP contribution in [-0.4, -0.2) is 73.0 Å². The number of ether oxygens (including phenoxy) is 1. The van der Waals surface area contributed by atoms with Crippen LogP contribution in [-0.2, 0) is 14.3 Å². The van der Waals surface area contributed by atoms with Gasteiger partial charge in [0, 0.05) is 51.2 Å². The summed E-state index contributed by atoms with van der Waals surface area (Å²) < 4.78 is 5.01. The Morgan fingerprint density at radius 1 is 1.42 bits per heavy atom. The van der Waals surface area contributed by atoms with Crippen LogP contribution in [0.4, 0.5) is 0 Å². The number of rotatable bonds is 4. The van der Waals surface area contributed by atoms with Crippen molar-refractivity contribution in [1.82, 2.24) is 9.80 Å². The summed E-state index contributed by atoms with van der Waals surface area (Å²) in [6, 6.07) is 0. The van der Waals surface area contributed by atoms with Crippen molar-refractivity contribution in [2.24, 2.45) is 5.92 Å². The molecule has 2 amide bonds. The van der Waals surface area contributed by atoms with E-state index in [1.165, 1.54) is 0 Å². The van der Waals surface area contributed by atoms with Gasteiger partial charge in [0.25, 0.3) is 0 Å². The largest absolute Gasteiger partial charge is 0.383 e. The smallest absolute Gasteiger partial charge is 0.227 e. The quantitative estimate of drug-likeness (QED) is 0.753. The molecule has 0 aromatic carbocycles. The molecule has 0 radical (unpaired) electrons. The van der Waals surface area contributed by atoms with Gasteiger partial charge in [-0.2, -0.15) is 11.8 Å². The Labute approximate surface area is 118 Å². The zero-order valence-corrected chi connectivity index (χ0v) is 12.3. The molecule has 5 nitrogen and oxygen atoms in total. The van der Waals surface area contributed by atoms with Crippen LogP contribution in [0.5, 0.6) is 0 Å². The summed E-state index contributed by atoms with van der Waals surface area (Å²) in [5.41, 5.74) is 0. The minimum atomic E-state index is -0.0161. The standard InChI is InChI=1S/C13H22N2O3S/c1-18-7-4-15-10-11(2-3-12(15)16)13(17)14-5-8-19-9-6-14/h11H,2-10H2,1H3. The molecule has 0 saturated carbocycles. The van der Waals surface area contributed by atoms with Gasteiger partial charge in [-0.25, -0.2) is 0 Å². The molecule has 0 aromatic heterocycles. The first kappa shape index (κ1) is 14.7. The highest BCUT2D eigenvalue weighted by Crippen LogP contribution is 2.21. The van der Waals surface area contributed by atoms with Crippen LogP contribution in [0.15, 0.2) is 0 Å². The van der Waals surface area contributed by atoms with Gasteiger partial charge in [-0.1, -0.05) is 0 Å². The number of likely N-dealkylation sites (tertiary alicyclic amines) is 1. The topological polar surface area (TPSA) is 49.9 Å². The fourth-order valence-corrected chi connectivity index (χ4v) is 3.48. The van der Waals surface area contributed by atoms with E-state index in [2.05, 4.69) is 0 Å². The zero-order valence-electron chi connectivity index (χ0n) is 11.5. The molecular weight excluding hydrogens is 264 g/mol. The van der Waals surface area contributed by atoms with E-state index in [0.29, 0.717) is 32.5 Å². The summed E-state index contributed by atoms with van der Waals surface area (Å²) in [6.45, 7) is 3.39. The maximum Gasteiger partial charge on any atom is 0.227 e. The lowest BCUT2D eigenvalue weighted by Gasteiger charge is -2.36. The van der Waals surface area contributed by atoms with Gasteiger partial charge in [-0.15, -0.1) is 0 Å². The second-order valence-corrected chi connectivity index (χ2v) is 6.23. The molecule has 1 unspecified atom stereocenters.